The molecule has 0 radical (unpaired) electrons. The van der Waals surface area contributed by atoms with Crippen LogP contribution in [0.1, 0.15) is 49.3 Å². The Kier molecular flexibility index (Phi) is 7.09. The predicted molar refractivity (Wildman–Crippen MR) is 124 cm³/mol. The van der Waals surface area contributed by atoms with Crippen LogP contribution < -0.4 is 9.62 Å². The summed E-state index contributed by atoms with van der Waals surface area (Å²) in [5.41, 5.74) is 2.47. The molecule has 0 spiro atoms. The van der Waals surface area contributed by atoms with Gasteiger partial charge in [-0.05, 0) is 55.7 Å². The summed E-state index contributed by atoms with van der Waals surface area (Å²) in [5, 5.41) is 9.49. The van der Waals surface area contributed by atoms with Gasteiger partial charge in [0.25, 0.3) is 0 Å². The first-order chi connectivity index (χ1) is 15.4. The third kappa shape index (κ3) is 5.47. The van der Waals surface area contributed by atoms with Gasteiger partial charge >= 0.3 is 0 Å². The molecule has 1 aliphatic carbocycles. The van der Waals surface area contributed by atoms with Crippen LogP contribution in [0, 0.1) is 11.3 Å². The van der Waals surface area contributed by atoms with Crippen LogP contribution in [0.4, 0.5) is 5.69 Å². The van der Waals surface area contributed by atoms with Gasteiger partial charge in [-0.1, -0.05) is 30.3 Å². The van der Waals surface area contributed by atoms with Crippen LogP contribution in [0.25, 0.3) is 0 Å². The van der Waals surface area contributed by atoms with Gasteiger partial charge in [-0.2, -0.15) is 5.26 Å². The van der Waals surface area contributed by atoms with E-state index in [0.717, 1.165) is 31.4 Å². The number of nitrogens with zero attached hydrogens (tertiary/aromatic N) is 3. The maximum Gasteiger partial charge on any atom is 0.209 e. The van der Waals surface area contributed by atoms with Crippen LogP contribution in [-0.4, -0.2) is 51.0 Å². The third-order valence-electron chi connectivity index (χ3n) is 6.56. The largest absolute Gasteiger partial charge is 0.376 e. The molecule has 2 atom stereocenters. The van der Waals surface area contributed by atoms with Crippen molar-refractivity contribution in [3.05, 3.63) is 59.9 Å². The minimum absolute atomic E-state index is 0.167. The predicted octanol–water partition coefficient (Wildman–Crippen LogP) is 3.19. The van der Waals surface area contributed by atoms with E-state index in [1.165, 1.54) is 11.8 Å². The van der Waals surface area contributed by atoms with Gasteiger partial charge in [0, 0.05) is 18.8 Å². The Morgan fingerprint density at radius 3 is 2.56 bits per heavy atom. The van der Waals surface area contributed by atoms with Crippen LogP contribution in [0.3, 0.4) is 0 Å². The Labute approximate surface area is 190 Å². The Bertz CT molecular complexity index is 1050. The Morgan fingerprint density at radius 1 is 1.12 bits per heavy atom. The average Bonchev–Trinajstić information content (AvgIpc) is 3.19. The summed E-state index contributed by atoms with van der Waals surface area (Å²) in [6, 6.07) is 16.0. The van der Waals surface area contributed by atoms with E-state index in [1.807, 2.05) is 12.1 Å². The summed E-state index contributed by atoms with van der Waals surface area (Å²) >= 11 is 0. The Morgan fingerprint density at radius 2 is 1.88 bits per heavy atom. The number of pyridine rings is 1. The van der Waals surface area contributed by atoms with Crippen LogP contribution >= 0.6 is 0 Å². The molecule has 32 heavy (non-hydrogen) atoms. The van der Waals surface area contributed by atoms with Gasteiger partial charge in [-0.15, -0.1) is 0 Å². The quantitative estimate of drug-likeness (QED) is 0.690. The van der Waals surface area contributed by atoms with E-state index < -0.39 is 10.0 Å². The minimum Gasteiger partial charge on any atom is -0.376 e. The normalized spacial score (nSPS) is 26.1. The van der Waals surface area contributed by atoms with Gasteiger partial charge in [0.2, 0.25) is 10.0 Å². The second-order valence-corrected chi connectivity index (χ2v) is 10.5. The first-order valence-electron chi connectivity index (χ1n) is 11.2. The highest BCUT2D eigenvalue weighted by molar-refractivity contribution is 7.88. The fraction of sp³-hybridized carbons (Fsp3) is 0.500. The monoisotopic (exact) mass is 454 g/mol. The van der Waals surface area contributed by atoms with Crippen LogP contribution in [0.2, 0.25) is 0 Å². The standard InChI is InChI=1S/C24H30N4O3S/c1-32(29,30)27-21-13-15-28(23-8-5-14-26-22(23)16-25)24(21)17-31-20-11-9-19(10-12-20)18-6-3-2-4-7-18/h2-8,14,19-21,24,27H,9-13,15,17H2,1H3/t19?,20?,21-,24-/m0/s1. The van der Waals surface area contributed by atoms with Gasteiger partial charge in [-0.3, -0.25) is 0 Å². The summed E-state index contributed by atoms with van der Waals surface area (Å²) in [6.07, 6.45) is 7.77. The molecule has 2 aliphatic rings. The highest BCUT2D eigenvalue weighted by Crippen LogP contribution is 2.35. The van der Waals surface area contributed by atoms with Gasteiger partial charge in [0.05, 0.1) is 30.7 Å². The smallest absolute Gasteiger partial charge is 0.209 e. The molecule has 1 saturated heterocycles. The van der Waals surface area contributed by atoms with Gasteiger partial charge < -0.3 is 9.64 Å². The summed E-state index contributed by atoms with van der Waals surface area (Å²) in [6.45, 7) is 1.05. The summed E-state index contributed by atoms with van der Waals surface area (Å²) in [7, 11) is -3.36. The number of aromatic nitrogens is 1. The zero-order valence-electron chi connectivity index (χ0n) is 18.4. The topological polar surface area (TPSA) is 95.3 Å². The second kappa shape index (κ2) is 9.99. The molecule has 4 rings (SSSR count). The van der Waals surface area contributed by atoms with Crippen molar-refractivity contribution < 1.29 is 13.2 Å². The minimum atomic E-state index is -3.36. The van der Waals surface area contributed by atoms with E-state index in [1.54, 1.807) is 12.3 Å². The third-order valence-corrected chi connectivity index (χ3v) is 7.29. The van der Waals surface area contributed by atoms with Crippen molar-refractivity contribution >= 4 is 15.7 Å². The van der Waals surface area contributed by atoms with Crippen molar-refractivity contribution in [1.29, 1.82) is 5.26 Å². The van der Waals surface area contributed by atoms with Crippen molar-refractivity contribution in [3.63, 3.8) is 0 Å². The van der Waals surface area contributed by atoms with E-state index in [4.69, 9.17) is 4.74 Å². The number of nitrogens with one attached hydrogen (secondary N) is 1. The van der Waals surface area contributed by atoms with E-state index in [-0.39, 0.29) is 18.2 Å². The average molecular weight is 455 g/mol. The lowest BCUT2D eigenvalue weighted by Gasteiger charge is -2.33. The lowest BCUT2D eigenvalue weighted by molar-refractivity contribution is 0.0157. The van der Waals surface area contributed by atoms with Crippen molar-refractivity contribution in [3.8, 4) is 6.07 Å². The molecule has 1 aromatic heterocycles. The maximum atomic E-state index is 11.9. The maximum absolute atomic E-state index is 11.9. The van der Waals surface area contributed by atoms with Crippen LogP contribution in [-0.2, 0) is 14.8 Å². The number of rotatable bonds is 7. The molecule has 7 nitrogen and oxygen atoms in total. The number of anilines is 1. The number of hydrogen-bond acceptors (Lipinski definition) is 6. The summed E-state index contributed by atoms with van der Waals surface area (Å²) < 4.78 is 33.0. The van der Waals surface area contributed by atoms with Gasteiger partial charge in [-0.25, -0.2) is 18.1 Å². The molecule has 1 aliphatic heterocycles. The number of nitriles is 1. The van der Waals surface area contributed by atoms with Crippen molar-refractivity contribution in [2.75, 3.05) is 24.3 Å². The number of sulfonamides is 1. The highest BCUT2D eigenvalue weighted by atomic mass is 32.2. The van der Waals surface area contributed by atoms with Crippen LogP contribution in [0.5, 0.6) is 0 Å². The van der Waals surface area contributed by atoms with Crippen LogP contribution in [0.15, 0.2) is 48.7 Å². The molecule has 1 N–H and O–H groups in total. The molecule has 1 aromatic carbocycles. The number of benzene rings is 1. The lowest BCUT2D eigenvalue weighted by atomic mass is 9.83. The second-order valence-electron chi connectivity index (χ2n) is 8.75. The molecule has 170 valence electrons. The van der Waals surface area contributed by atoms with E-state index in [9.17, 15) is 13.7 Å². The first-order valence-corrected chi connectivity index (χ1v) is 13.1. The fourth-order valence-electron chi connectivity index (χ4n) is 5.01. The van der Waals surface area contributed by atoms with E-state index in [2.05, 4.69) is 44.9 Å². The van der Waals surface area contributed by atoms with E-state index >= 15 is 0 Å². The summed E-state index contributed by atoms with van der Waals surface area (Å²) in [4.78, 5) is 6.25. The first kappa shape index (κ1) is 22.7. The highest BCUT2D eigenvalue weighted by Gasteiger charge is 2.38. The summed E-state index contributed by atoms with van der Waals surface area (Å²) in [5.74, 6) is 0.576. The fourth-order valence-corrected chi connectivity index (χ4v) is 5.83. The molecule has 1 saturated carbocycles. The van der Waals surface area contributed by atoms with Crippen molar-refractivity contribution in [1.82, 2.24) is 9.71 Å². The lowest BCUT2D eigenvalue weighted by Crippen LogP contribution is -2.48. The molecule has 2 heterocycles. The zero-order chi connectivity index (χ0) is 22.6. The molecular formula is C24H30N4O3S. The SMILES string of the molecule is CS(=O)(=O)N[C@H]1CCN(c2cccnc2C#N)[C@H]1COC1CCC(c2ccccc2)CC1. The zero-order valence-corrected chi connectivity index (χ0v) is 19.2. The molecular weight excluding hydrogens is 424 g/mol. The molecule has 0 bridgehead atoms. The van der Waals surface area contributed by atoms with Crippen molar-refractivity contribution in [2.24, 2.45) is 0 Å². The van der Waals surface area contributed by atoms with Gasteiger partial charge in [0.15, 0.2) is 5.69 Å². The molecule has 0 amide bonds. The number of hydrogen-bond donors (Lipinski definition) is 1. The molecule has 8 heteroatoms. The Hall–Kier alpha value is -2.47. The Balaban J connectivity index is 1.43. The number of ether oxygens (including phenoxy) is 1. The van der Waals surface area contributed by atoms with Gasteiger partial charge in [0.1, 0.15) is 6.07 Å². The molecule has 0 unspecified atom stereocenters. The van der Waals surface area contributed by atoms with Crippen molar-refractivity contribution in [2.45, 2.75) is 56.2 Å². The van der Waals surface area contributed by atoms with E-state index in [0.29, 0.717) is 31.2 Å². The molecule has 2 fully saturated rings. The molecule has 2 aromatic rings.